The lowest BCUT2D eigenvalue weighted by atomic mass is 10.1. The Morgan fingerprint density at radius 2 is 2.33 bits per heavy atom. The third-order valence-electron chi connectivity index (χ3n) is 1.92. The summed E-state index contributed by atoms with van der Waals surface area (Å²) in [5.41, 5.74) is 5.61. The molecule has 1 atom stereocenters. The molecule has 1 rings (SSSR count). The van der Waals surface area contributed by atoms with Gasteiger partial charge in [-0.25, -0.2) is 0 Å². The van der Waals surface area contributed by atoms with Crippen molar-refractivity contribution in [3.05, 3.63) is 17.4 Å². The van der Waals surface area contributed by atoms with Crippen LogP contribution in [-0.2, 0) is 0 Å². The molecule has 0 aromatic carbocycles. The molecule has 0 unspecified atom stereocenters. The number of nitrogens with zero attached hydrogens (tertiary/aromatic N) is 2. The highest BCUT2D eigenvalue weighted by Gasteiger charge is 2.13. The summed E-state index contributed by atoms with van der Waals surface area (Å²) in [5.74, 6) is 0.478. The van der Waals surface area contributed by atoms with Gasteiger partial charge in [0.2, 0.25) is 0 Å². The second kappa shape index (κ2) is 3.92. The molecule has 12 heavy (non-hydrogen) atoms. The third-order valence-corrected chi connectivity index (χ3v) is 2.12. The Morgan fingerprint density at radius 1 is 1.67 bits per heavy atom. The SMILES string of the molecule is CC(C)[C@@H](CN)n1cc(Cl)cn1. The largest absolute Gasteiger partial charge is 0.328 e. The first kappa shape index (κ1) is 9.55. The molecule has 4 heteroatoms. The molecule has 1 aromatic rings. The Kier molecular flexibility index (Phi) is 3.12. The molecule has 0 radical (unpaired) electrons. The summed E-state index contributed by atoms with van der Waals surface area (Å²) < 4.78 is 1.83. The first-order chi connectivity index (χ1) is 5.65. The number of nitrogens with two attached hydrogens (primary N) is 1. The molecule has 0 saturated carbocycles. The minimum absolute atomic E-state index is 0.248. The van der Waals surface area contributed by atoms with Gasteiger partial charge in [0.25, 0.3) is 0 Å². The van der Waals surface area contributed by atoms with Gasteiger partial charge >= 0.3 is 0 Å². The van der Waals surface area contributed by atoms with Crippen LogP contribution in [0.1, 0.15) is 19.9 Å². The summed E-state index contributed by atoms with van der Waals surface area (Å²) in [6.45, 7) is 4.83. The standard InChI is InChI=1S/C8H14ClN3/c1-6(2)8(3-10)12-5-7(9)4-11-12/h4-6,8H,3,10H2,1-2H3/t8-/m1/s1. The number of hydrogen-bond acceptors (Lipinski definition) is 2. The maximum Gasteiger partial charge on any atom is 0.0785 e. The number of aromatic nitrogens is 2. The van der Waals surface area contributed by atoms with E-state index in [1.807, 2.05) is 4.68 Å². The van der Waals surface area contributed by atoms with Crippen LogP contribution >= 0.6 is 11.6 Å². The van der Waals surface area contributed by atoms with Gasteiger partial charge in [-0.15, -0.1) is 0 Å². The van der Waals surface area contributed by atoms with E-state index < -0.39 is 0 Å². The molecular weight excluding hydrogens is 174 g/mol. The zero-order valence-corrected chi connectivity index (χ0v) is 8.12. The van der Waals surface area contributed by atoms with E-state index in [1.54, 1.807) is 12.4 Å². The maximum absolute atomic E-state index is 5.74. The van der Waals surface area contributed by atoms with Crippen LogP contribution in [0.15, 0.2) is 12.4 Å². The quantitative estimate of drug-likeness (QED) is 0.783. The third kappa shape index (κ3) is 1.99. The fourth-order valence-corrected chi connectivity index (χ4v) is 1.33. The van der Waals surface area contributed by atoms with Crippen LogP contribution in [-0.4, -0.2) is 16.3 Å². The Hall–Kier alpha value is -0.540. The van der Waals surface area contributed by atoms with Gasteiger partial charge < -0.3 is 5.73 Å². The highest BCUT2D eigenvalue weighted by atomic mass is 35.5. The van der Waals surface area contributed by atoms with Crippen LogP contribution in [0.25, 0.3) is 0 Å². The lowest BCUT2D eigenvalue weighted by Crippen LogP contribution is -2.24. The average Bonchev–Trinajstić information content (AvgIpc) is 2.37. The smallest absolute Gasteiger partial charge is 0.0785 e. The molecule has 0 saturated heterocycles. The van der Waals surface area contributed by atoms with Crippen molar-refractivity contribution in [1.82, 2.24) is 9.78 Å². The van der Waals surface area contributed by atoms with Crippen molar-refractivity contribution >= 4 is 11.6 Å². The van der Waals surface area contributed by atoms with Crippen LogP contribution in [0, 0.1) is 5.92 Å². The summed E-state index contributed by atoms with van der Waals surface area (Å²) in [5, 5.41) is 4.77. The summed E-state index contributed by atoms with van der Waals surface area (Å²) in [6.07, 6.45) is 3.44. The Balaban J connectivity index is 2.80. The van der Waals surface area contributed by atoms with E-state index in [4.69, 9.17) is 17.3 Å². The fourth-order valence-electron chi connectivity index (χ4n) is 1.18. The van der Waals surface area contributed by atoms with Gasteiger partial charge in [-0.2, -0.15) is 5.10 Å². The molecule has 2 N–H and O–H groups in total. The van der Waals surface area contributed by atoms with Crippen LogP contribution in [0.5, 0.6) is 0 Å². The topological polar surface area (TPSA) is 43.8 Å². The Labute approximate surface area is 77.5 Å². The number of rotatable bonds is 3. The molecule has 0 aliphatic carbocycles. The summed E-state index contributed by atoms with van der Waals surface area (Å²) in [6, 6.07) is 0.248. The molecule has 0 spiro atoms. The van der Waals surface area contributed by atoms with Crippen LogP contribution in [0.2, 0.25) is 5.02 Å². The zero-order chi connectivity index (χ0) is 9.14. The van der Waals surface area contributed by atoms with E-state index in [0.29, 0.717) is 17.5 Å². The van der Waals surface area contributed by atoms with E-state index in [0.717, 1.165) is 0 Å². The highest BCUT2D eigenvalue weighted by molar-refractivity contribution is 6.30. The van der Waals surface area contributed by atoms with Crippen molar-refractivity contribution in [2.24, 2.45) is 11.7 Å². The summed E-state index contributed by atoms with van der Waals surface area (Å²) in [4.78, 5) is 0. The second-order valence-electron chi connectivity index (χ2n) is 3.19. The van der Waals surface area contributed by atoms with Gasteiger partial charge in [0.05, 0.1) is 17.3 Å². The summed E-state index contributed by atoms with van der Waals surface area (Å²) >= 11 is 5.74. The Bertz CT molecular complexity index is 244. The van der Waals surface area contributed by atoms with Gasteiger partial charge in [-0.1, -0.05) is 25.4 Å². The molecule has 68 valence electrons. The van der Waals surface area contributed by atoms with E-state index in [9.17, 15) is 0 Å². The van der Waals surface area contributed by atoms with E-state index in [-0.39, 0.29) is 6.04 Å². The van der Waals surface area contributed by atoms with Crippen LogP contribution in [0.3, 0.4) is 0 Å². The molecule has 3 nitrogen and oxygen atoms in total. The minimum atomic E-state index is 0.248. The first-order valence-corrected chi connectivity index (χ1v) is 4.42. The molecule has 1 heterocycles. The van der Waals surface area contributed by atoms with E-state index in [2.05, 4.69) is 18.9 Å². The Morgan fingerprint density at radius 3 is 2.67 bits per heavy atom. The van der Waals surface area contributed by atoms with Crippen molar-refractivity contribution in [3.63, 3.8) is 0 Å². The van der Waals surface area contributed by atoms with Crippen LogP contribution in [0.4, 0.5) is 0 Å². The highest BCUT2D eigenvalue weighted by Crippen LogP contribution is 2.17. The van der Waals surface area contributed by atoms with Crippen molar-refractivity contribution in [2.45, 2.75) is 19.9 Å². The lowest BCUT2D eigenvalue weighted by Gasteiger charge is -2.18. The van der Waals surface area contributed by atoms with Gasteiger partial charge in [-0.05, 0) is 5.92 Å². The summed E-state index contributed by atoms with van der Waals surface area (Å²) in [7, 11) is 0. The molecule has 0 amide bonds. The van der Waals surface area contributed by atoms with Gasteiger partial charge in [0, 0.05) is 12.7 Å². The lowest BCUT2D eigenvalue weighted by molar-refractivity contribution is 0.355. The van der Waals surface area contributed by atoms with E-state index in [1.165, 1.54) is 0 Å². The molecule has 0 aliphatic rings. The van der Waals surface area contributed by atoms with Crippen molar-refractivity contribution in [1.29, 1.82) is 0 Å². The number of halogens is 1. The van der Waals surface area contributed by atoms with Crippen molar-refractivity contribution in [2.75, 3.05) is 6.54 Å². The van der Waals surface area contributed by atoms with E-state index >= 15 is 0 Å². The van der Waals surface area contributed by atoms with Crippen LogP contribution < -0.4 is 5.73 Å². The normalized spacial score (nSPS) is 13.8. The first-order valence-electron chi connectivity index (χ1n) is 4.05. The molecule has 0 bridgehead atoms. The fraction of sp³-hybridized carbons (Fsp3) is 0.625. The maximum atomic E-state index is 5.74. The monoisotopic (exact) mass is 187 g/mol. The second-order valence-corrected chi connectivity index (χ2v) is 3.62. The zero-order valence-electron chi connectivity index (χ0n) is 7.37. The van der Waals surface area contributed by atoms with Crippen molar-refractivity contribution in [3.8, 4) is 0 Å². The predicted octanol–water partition coefficient (Wildman–Crippen LogP) is 1.69. The molecular formula is C8H14ClN3. The van der Waals surface area contributed by atoms with Gasteiger partial charge in [-0.3, -0.25) is 4.68 Å². The number of hydrogen-bond donors (Lipinski definition) is 1. The van der Waals surface area contributed by atoms with Gasteiger partial charge in [0.1, 0.15) is 0 Å². The molecule has 0 fully saturated rings. The van der Waals surface area contributed by atoms with Crippen molar-refractivity contribution < 1.29 is 0 Å². The minimum Gasteiger partial charge on any atom is -0.328 e. The molecule has 1 aromatic heterocycles. The predicted molar refractivity (Wildman–Crippen MR) is 50.2 cm³/mol. The molecule has 0 aliphatic heterocycles. The van der Waals surface area contributed by atoms with Gasteiger partial charge in [0.15, 0.2) is 0 Å². The average molecular weight is 188 g/mol.